The first-order chi connectivity index (χ1) is 40.7. The highest BCUT2D eigenvalue weighted by Crippen LogP contribution is 2.48. The molecule has 0 aliphatic carbocycles. The molecule has 0 amide bonds. The Kier molecular flexibility index (Phi) is 11.3. The van der Waals surface area contributed by atoms with Gasteiger partial charge in [0.25, 0.3) is 6.71 Å². The van der Waals surface area contributed by atoms with Gasteiger partial charge < -0.3 is 14.4 Å². The Hall–Kier alpha value is -10.7. The van der Waals surface area contributed by atoms with Crippen molar-refractivity contribution >= 4 is 79.0 Å². The summed E-state index contributed by atoms with van der Waals surface area (Å²) >= 11 is 0. The molecule has 0 atom stereocenters. The molecule has 0 unspecified atom stereocenters. The van der Waals surface area contributed by atoms with E-state index in [9.17, 15) is 0 Å². The fraction of sp³-hybridized carbons (Fsp3) is 0. The summed E-state index contributed by atoms with van der Waals surface area (Å²) in [6, 6.07) is 117. The smallest absolute Gasteiger partial charge is 0.252 e. The van der Waals surface area contributed by atoms with Gasteiger partial charge in [-0.2, -0.15) is 0 Å². The number of rotatable bonds is 9. The van der Waals surface area contributed by atoms with Gasteiger partial charge in [-0.1, -0.05) is 255 Å². The van der Waals surface area contributed by atoms with Crippen molar-refractivity contribution in [2.24, 2.45) is 0 Å². The van der Waals surface area contributed by atoms with E-state index in [-0.39, 0.29) is 6.71 Å². The molecule has 0 N–H and O–H groups in total. The molecule has 16 rings (SSSR count). The zero-order chi connectivity index (χ0) is 54.1. The Bertz CT molecular complexity index is 4440. The van der Waals surface area contributed by atoms with Crippen molar-refractivity contribution in [2.75, 3.05) is 9.80 Å². The Morgan fingerprint density at radius 2 is 0.549 bits per heavy atom. The van der Waals surface area contributed by atoms with Gasteiger partial charge in [-0.25, -0.2) is 0 Å². The van der Waals surface area contributed by atoms with Crippen LogP contribution in [0, 0.1) is 0 Å². The largest absolute Gasteiger partial charge is 0.311 e. The molecular weight excluding hydrogens is 990 g/mol. The maximum Gasteiger partial charge on any atom is 0.252 e. The summed E-state index contributed by atoms with van der Waals surface area (Å²) in [5.74, 6) is 0. The van der Waals surface area contributed by atoms with Crippen LogP contribution in [-0.2, 0) is 0 Å². The third kappa shape index (κ3) is 7.83. The van der Waals surface area contributed by atoms with E-state index >= 15 is 0 Å². The minimum Gasteiger partial charge on any atom is -0.311 e. The minimum absolute atomic E-state index is 0.163. The molecule has 0 radical (unpaired) electrons. The van der Waals surface area contributed by atoms with Crippen LogP contribution in [0.3, 0.4) is 0 Å². The first-order valence-corrected chi connectivity index (χ1v) is 28.4. The number of fused-ring (bicyclic) bond motifs is 7. The van der Waals surface area contributed by atoms with E-state index in [2.05, 4.69) is 330 Å². The summed E-state index contributed by atoms with van der Waals surface area (Å²) in [5, 5.41) is 2.42. The molecule has 2 aliphatic rings. The average Bonchev–Trinajstić information content (AvgIpc) is 2.81. The van der Waals surface area contributed by atoms with Gasteiger partial charge in [-0.15, -0.1) is 0 Å². The van der Waals surface area contributed by atoms with Crippen LogP contribution < -0.4 is 26.2 Å². The summed E-state index contributed by atoms with van der Waals surface area (Å²) in [6.07, 6.45) is 0. The summed E-state index contributed by atoms with van der Waals surface area (Å²) in [7, 11) is 0. The zero-order valence-electron chi connectivity index (χ0n) is 44.9. The zero-order valence-corrected chi connectivity index (χ0v) is 44.9. The summed E-state index contributed by atoms with van der Waals surface area (Å²) in [5.41, 5.74) is 28.2. The van der Waals surface area contributed by atoms with Gasteiger partial charge in [0.05, 0.1) is 16.7 Å². The maximum absolute atomic E-state index is 2.54. The minimum atomic E-state index is -0.163. The fourth-order valence-electron chi connectivity index (χ4n) is 13.3. The molecule has 3 heterocycles. The molecule has 382 valence electrons. The molecule has 4 heteroatoms. The second kappa shape index (κ2) is 19.6. The maximum atomic E-state index is 2.54. The van der Waals surface area contributed by atoms with E-state index in [0.717, 1.165) is 50.8 Å². The van der Waals surface area contributed by atoms with Gasteiger partial charge in [0.1, 0.15) is 0 Å². The Morgan fingerprint density at radius 1 is 0.220 bits per heavy atom. The van der Waals surface area contributed by atoms with Gasteiger partial charge in [0, 0.05) is 44.9 Å². The number of anilines is 6. The second-order valence-electron chi connectivity index (χ2n) is 21.6. The van der Waals surface area contributed by atoms with Crippen LogP contribution in [0.25, 0.3) is 94.3 Å². The predicted molar refractivity (Wildman–Crippen MR) is 347 cm³/mol. The Balaban J connectivity index is 1.02. The molecule has 13 aromatic carbocycles. The molecular formula is C78H52BN3. The molecule has 3 nitrogen and oxygen atoms in total. The molecule has 0 saturated carbocycles. The van der Waals surface area contributed by atoms with Gasteiger partial charge in [0.15, 0.2) is 0 Å². The summed E-state index contributed by atoms with van der Waals surface area (Å²) < 4.78 is 2.54. The molecule has 14 aromatic rings. The summed E-state index contributed by atoms with van der Waals surface area (Å²) in [4.78, 5) is 5.09. The highest BCUT2D eigenvalue weighted by atomic mass is 15.2. The molecule has 0 fully saturated rings. The third-order valence-corrected chi connectivity index (χ3v) is 17.0. The fourth-order valence-corrected chi connectivity index (χ4v) is 13.3. The van der Waals surface area contributed by atoms with E-state index in [1.165, 1.54) is 93.9 Å². The van der Waals surface area contributed by atoms with Gasteiger partial charge in [-0.05, 0) is 144 Å². The van der Waals surface area contributed by atoms with Crippen LogP contribution in [0.2, 0.25) is 0 Å². The monoisotopic (exact) mass is 1040 g/mol. The van der Waals surface area contributed by atoms with Crippen LogP contribution in [0.5, 0.6) is 0 Å². The molecule has 0 saturated heterocycles. The van der Waals surface area contributed by atoms with Crippen molar-refractivity contribution in [1.29, 1.82) is 0 Å². The Morgan fingerprint density at radius 3 is 0.939 bits per heavy atom. The highest BCUT2D eigenvalue weighted by molar-refractivity contribution is 7.00. The van der Waals surface area contributed by atoms with Crippen LogP contribution in [0.1, 0.15) is 0 Å². The van der Waals surface area contributed by atoms with Gasteiger partial charge in [0.2, 0.25) is 0 Å². The molecule has 82 heavy (non-hydrogen) atoms. The topological polar surface area (TPSA) is 11.4 Å². The van der Waals surface area contributed by atoms with E-state index < -0.39 is 0 Å². The molecule has 0 bridgehead atoms. The number of benzene rings is 13. The lowest BCUT2D eigenvalue weighted by Gasteiger charge is -2.44. The number of hydrogen-bond acceptors (Lipinski definition) is 2. The van der Waals surface area contributed by atoms with Crippen molar-refractivity contribution in [3.63, 3.8) is 0 Å². The number of para-hydroxylation sites is 2. The van der Waals surface area contributed by atoms with Crippen LogP contribution in [-0.4, -0.2) is 11.3 Å². The van der Waals surface area contributed by atoms with Crippen LogP contribution in [0.4, 0.5) is 34.1 Å². The van der Waals surface area contributed by atoms with Crippen molar-refractivity contribution < 1.29 is 0 Å². The van der Waals surface area contributed by atoms with Crippen molar-refractivity contribution in [2.45, 2.75) is 0 Å². The number of aromatic nitrogens is 1. The lowest BCUT2D eigenvalue weighted by atomic mass is 9.33. The predicted octanol–water partition coefficient (Wildman–Crippen LogP) is 18.9. The van der Waals surface area contributed by atoms with Gasteiger partial charge in [-0.3, -0.25) is 0 Å². The lowest BCUT2D eigenvalue weighted by molar-refractivity contribution is 1.16. The standard InChI is InChI=1S/C78H52BN3/c1-7-23-53(24-8-1)57-39-43-68-69-44-40-58(54-25-9-2-10-26-54)50-75(69)82(74(68)49-57)63-51-76-78-77(52-63)81(62-33-17-6-18-34-62)73-46-42-60(67-38-22-20-36-65(67)56-29-13-4-14-30-56)48-71(73)79(78)70-47-59(41-45-72(70)80(76)61-31-15-5-16-32-61)66-37-21-19-35-64(66)55-27-11-3-12-28-55/h1-52H. The van der Waals surface area contributed by atoms with Crippen molar-refractivity contribution in [3.8, 4) is 72.4 Å². The van der Waals surface area contributed by atoms with Crippen molar-refractivity contribution in [1.82, 2.24) is 4.57 Å². The lowest BCUT2D eigenvalue weighted by Crippen LogP contribution is -2.61. The van der Waals surface area contributed by atoms with E-state index in [0.29, 0.717) is 0 Å². The first kappa shape index (κ1) is 47.3. The normalized spacial score (nSPS) is 12.3. The SMILES string of the molecule is c1ccc(-c2ccc3c4ccc(-c5ccccc5)cc4n(-c4cc5c6c(c4)N(c4ccccc4)c4ccc(-c7ccccc7-c7ccccc7)cc4B6c4cc(-c6ccccc6-c6ccccc6)ccc4N5c4ccccc4)c3c2)cc1. The van der Waals surface area contributed by atoms with E-state index in [4.69, 9.17) is 0 Å². The first-order valence-electron chi connectivity index (χ1n) is 28.4. The van der Waals surface area contributed by atoms with Crippen LogP contribution >= 0.6 is 0 Å². The number of hydrogen-bond donors (Lipinski definition) is 0. The molecule has 1 aromatic heterocycles. The second-order valence-corrected chi connectivity index (χ2v) is 21.6. The molecule has 0 spiro atoms. The van der Waals surface area contributed by atoms with E-state index in [1.54, 1.807) is 0 Å². The Labute approximate surface area is 478 Å². The highest BCUT2D eigenvalue weighted by Gasteiger charge is 2.44. The van der Waals surface area contributed by atoms with E-state index in [1.807, 2.05) is 0 Å². The number of nitrogens with zero attached hydrogens (tertiary/aromatic N) is 3. The quantitative estimate of drug-likeness (QED) is 0.134. The molecule has 2 aliphatic heterocycles. The van der Waals surface area contributed by atoms with Gasteiger partial charge >= 0.3 is 0 Å². The summed E-state index contributed by atoms with van der Waals surface area (Å²) in [6.45, 7) is -0.163. The third-order valence-electron chi connectivity index (χ3n) is 17.0. The van der Waals surface area contributed by atoms with Crippen molar-refractivity contribution in [3.05, 3.63) is 315 Å². The van der Waals surface area contributed by atoms with Crippen LogP contribution in [0.15, 0.2) is 315 Å². The average molecular weight is 1040 g/mol.